The number of rotatable bonds is 6. The summed E-state index contributed by atoms with van der Waals surface area (Å²) in [6, 6.07) is 23.6. The maximum absolute atomic E-state index is 12.3. The molecule has 0 aliphatic rings. The molecule has 0 spiro atoms. The van der Waals surface area contributed by atoms with Crippen LogP contribution in [-0.4, -0.2) is 5.91 Å². The SMILES string of the molecule is CCc1ccc(SCc2ccc(C(=O)Nc3ccccc3N)cc2)cc1. The zero-order valence-corrected chi connectivity index (χ0v) is 15.6. The summed E-state index contributed by atoms with van der Waals surface area (Å²) in [5, 5.41) is 2.85. The maximum Gasteiger partial charge on any atom is 0.255 e. The Morgan fingerprint density at radius 3 is 2.23 bits per heavy atom. The second kappa shape index (κ2) is 8.59. The van der Waals surface area contributed by atoms with Crippen molar-refractivity contribution < 1.29 is 4.79 Å². The molecule has 3 rings (SSSR count). The van der Waals surface area contributed by atoms with Gasteiger partial charge in [0.15, 0.2) is 0 Å². The van der Waals surface area contributed by atoms with Crippen LogP contribution in [0, 0.1) is 0 Å². The van der Waals surface area contributed by atoms with Crippen LogP contribution in [-0.2, 0) is 12.2 Å². The lowest BCUT2D eigenvalue weighted by molar-refractivity contribution is 0.102. The number of nitrogen functional groups attached to an aromatic ring is 1. The van der Waals surface area contributed by atoms with E-state index in [-0.39, 0.29) is 5.91 Å². The van der Waals surface area contributed by atoms with Gasteiger partial charge >= 0.3 is 0 Å². The van der Waals surface area contributed by atoms with Gasteiger partial charge in [0.2, 0.25) is 0 Å². The first-order chi connectivity index (χ1) is 12.7. The zero-order chi connectivity index (χ0) is 18.4. The molecule has 0 fully saturated rings. The number of aryl methyl sites for hydroxylation is 1. The van der Waals surface area contributed by atoms with Gasteiger partial charge in [0, 0.05) is 16.2 Å². The lowest BCUT2D eigenvalue weighted by atomic mass is 10.1. The van der Waals surface area contributed by atoms with E-state index in [1.165, 1.54) is 16.0 Å². The fourth-order valence-electron chi connectivity index (χ4n) is 2.55. The molecule has 0 bridgehead atoms. The lowest BCUT2D eigenvalue weighted by Gasteiger charge is -2.08. The highest BCUT2D eigenvalue weighted by Crippen LogP contribution is 2.24. The molecule has 26 heavy (non-hydrogen) atoms. The van der Waals surface area contributed by atoms with Gasteiger partial charge in [0.1, 0.15) is 0 Å². The Labute approximate surface area is 158 Å². The Morgan fingerprint density at radius 2 is 1.58 bits per heavy atom. The quantitative estimate of drug-likeness (QED) is 0.457. The Kier molecular flexibility index (Phi) is 5.97. The normalized spacial score (nSPS) is 10.5. The molecule has 3 nitrogen and oxygen atoms in total. The van der Waals surface area contributed by atoms with Gasteiger partial charge < -0.3 is 11.1 Å². The van der Waals surface area contributed by atoms with Crippen molar-refractivity contribution in [2.24, 2.45) is 0 Å². The number of benzene rings is 3. The molecule has 3 aromatic rings. The minimum Gasteiger partial charge on any atom is -0.397 e. The molecule has 0 heterocycles. The first-order valence-corrected chi connectivity index (χ1v) is 9.61. The molecule has 0 unspecified atom stereocenters. The molecule has 0 saturated heterocycles. The van der Waals surface area contributed by atoms with E-state index in [0.29, 0.717) is 16.9 Å². The van der Waals surface area contributed by atoms with Crippen LogP contribution in [0.15, 0.2) is 77.7 Å². The highest BCUT2D eigenvalue weighted by atomic mass is 32.2. The average Bonchev–Trinajstić information content (AvgIpc) is 2.69. The van der Waals surface area contributed by atoms with Crippen LogP contribution in [0.2, 0.25) is 0 Å². The Balaban J connectivity index is 1.59. The highest BCUT2D eigenvalue weighted by molar-refractivity contribution is 7.98. The van der Waals surface area contributed by atoms with Gasteiger partial charge in [-0.1, -0.05) is 43.3 Å². The number of thioether (sulfide) groups is 1. The summed E-state index contributed by atoms with van der Waals surface area (Å²) < 4.78 is 0. The summed E-state index contributed by atoms with van der Waals surface area (Å²) in [5.74, 6) is 0.719. The van der Waals surface area contributed by atoms with Crippen molar-refractivity contribution in [3.05, 3.63) is 89.5 Å². The topological polar surface area (TPSA) is 55.1 Å². The average molecular weight is 362 g/mol. The van der Waals surface area contributed by atoms with E-state index >= 15 is 0 Å². The van der Waals surface area contributed by atoms with Gasteiger partial charge in [0.25, 0.3) is 5.91 Å². The van der Waals surface area contributed by atoms with Gasteiger partial charge in [-0.3, -0.25) is 4.79 Å². The number of anilines is 2. The molecule has 0 radical (unpaired) electrons. The summed E-state index contributed by atoms with van der Waals surface area (Å²) in [6.07, 6.45) is 1.06. The third kappa shape index (κ3) is 4.67. The molecule has 0 saturated carbocycles. The molecule has 3 N–H and O–H groups in total. The lowest BCUT2D eigenvalue weighted by Crippen LogP contribution is -2.13. The van der Waals surface area contributed by atoms with Gasteiger partial charge in [-0.2, -0.15) is 0 Å². The van der Waals surface area contributed by atoms with E-state index in [1.807, 2.05) is 36.4 Å². The fraction of sp³-hybridized carbons (Fsp3) is 0.136. The van der Waals surface area contributed by atoms with Gasteiger partial charge in [-0.05, 0) is 53.9 Å². The summed E-state index contributed by atoms with van der Waals surface area (Å²) >= 11 is 1.79. The molecular weight excluding hydrogens is 340 g/mol. The molecule has 4 heteroatoms. The van der Waals surface area contributed by atoms with E-state index in [2.05, 4.69) is 36.5 Å². The van der Waals surface area contributed by atoms with E-state index in [1.54, 1.807) is 23.9 Å². The fourth-order valence-corrected chi connectivity index (χ4v) is 3.40. The zero-order valence-electron chi connectivity index (χ0n) is 14.7. The van der Waals surface area contributed by atoms with Crippen LogP contribution in [0.25, 0.3) is 0 Å². The molecule has 0 aliphatic carbocycles. The third-order valence-corrected chi connectivity index (χ3v) is 5.25. The Hall–Kier alpha value is -2.72. The summed E-state index contributed by atoms with van der Waals surface area (Å²) in [7, 11) is 0. The Morgan fingerprint density at radius 1 is 0.923 bits per heavy atom. The van der Waals surface area contributed by atoms with Crippen LogP contribution in [0.1, 0.15) is 28.4 Å². The Bertz CT molecular complexity index is 873. The molecule has 0 atom stereocenters. The number of nitrogens with one attached hydrogen (secondary N) is 1. The van der Waals surface area contributed by atoms with Gasteiger partial charge in [-0.25, -0.2) is 0 Å². The van der Waals surface area contributed by atoms with Crippen molar-refractivity contribution in [3.63, 3.8) is 0 Å². The maximum atomic E-state index is 12.3. The van der Waals surface area contributed by atoms with Crippen LogP contribution in [0.4, 0.5) is 11.4 Å². The van der Waals surface area contributed by atoms with E-state index in [9.17, 15) is 4.79 Å². The number of carbonyl (C=O) groups excluding carboxylic acids is 1. The van der Waals surface area contributed by atoms with E-state index in [4.69, 9.17) is 5.73 Å². The van der Waals surface area contributed by atoms with Crippen LogP contribution in [0.5, 0.6) is 0 Å². The number of carbonyl (C=O) groups is 1. The molecular formula is C22H22N2OS. The minimum atomic E-state index is -0.155. The molecule has 0 aliphatic heterocycles. The van der Waals surface area contributed by atoms with Crippen molar-refractivity contribution in [1.82, 2.24) is 0 Å². The predicted octanol–water partition coefficient (Wildman–Crippen LogP) is 5.38. The van der Waals surface area contributed by atoms with Crippen molar-refractivity contribution in [1.29, 1.82) is 0 Å². The van der Waals surface area contributed by atoms with Crippen molar-refractivity contribution >= 4 is 29.0 Å². The van der Waals surface area contributed by atoms with Crippen molar-refractivity contribution in [2.45, 2.75) is 24.0 Å². The van der Waals surface area contributed by atoms with Crippen LogP contribution in [0.3, 0.4) is 0 Å². The van der Waals surface area contributed by atoms with Gasteiger partial charge in [-0.15, -0.1) is 11.8 Å². The van der Waals surface area contributed by atoms with Crippen molar-refractivity contribution in [3.8, 4) is 0 Å². The number of nitrogens with two attached hydrogens (primary N) is 1. The minimum absolute atomic E-state index is 0.155. The molecule has 132 valence electrons. The molecule has 3 aromatic carbocycles. The van der Waals surface area contributed by atoms with Crippen LogP contribution < -0.4 is 11.1 Å². The summed E-state index contributed by atoms with van der Waals surface area (Å²) in [6.45, 7) is 2.16. The molecule has 0 aromatic heterocycles. The van der Waals surface area contributed by atoms with Crippen LogP contribution >= 0.6 is 11.8 Å². The number of hydrogen-bond acceptors (Lipinski definition) is 3. The third-order valence-electron chi connectivity index (χ3n) is 4.16. The highest BCUT2D eigenvalue weighted by Gasteiger charge is 2.08. The summed E-state index contributed by atoms with van der Waals surface area (Å²) in [5.41, 5.74) is 10.2. The number of para-hydroxylation sites is 2. The number of hydrogen-bond donors (Lipinski definition) is 2. The van der Waals surface area contributed by atoms with Gasteiger partial charge in [0.05, 0.1) is 11.4 Å². The van der Waals surface area contributed by atoms with E-state index in [0.717, 1.165) is 12.2 Å². The predicted molar refractivity (Wildman–Crippen MR) is 111 cm³/mol. The van der Waals surface area contributed by atoms with E-state index < -0.39 is 0 Å². The molecule has 1 amide bonds. The first kappa shape index (κ1) is 18.1. The smallest absolute Gasteiger partial charge is 0.255 e. The number of amides is 1. The first-order valence-electron chi connectivity index (χ1n) is 8.62. The summed E-state index contributed by atoms with van der Waals surface area (Å²) in [4.78, 5) is 13.6. The second-order valence-electron chi connectivity index (χ2n) is 6.02. The largest absolute Gasteiger partial charge is 0.397 e. The monoisotopic (exact) mass is 362 g/mol. The second-order valence-corrected chi connectivity index (χ2v) is 7.07. The standard InChI is InChI=1S/C22H22N2OS/c1-2-16-9-13-19(14-10-16)26-15-17-7-11-18(12-8-17)22(25)24-21-6-4-3-5-20(21)23/h3-14H,2,15,23H2,1H3,(H,24,25). The van der Waals surface area contributed by atoms with Crippen molar-refractivity contribution in [2.75, 3.05) is 11.1 Å².